The van der Waals surface area contributed by atoms with Gasteiger partial charge in [0.25, 0.3) is 0 Å². The Morgan fingerprint density at radius 2 is 1.91 bits per heavy atom. The molecule has 2 nitrogen and oxygen atoms in total. The van der Waals surface area contributed by atoms with Crippen LogP contribution in [0.5, 0.6) is 0 Å². The molecule has 1 fully saturated rings. The highest BCUT2D eigenvalue weighted by molar-refractivity contribution is 5.24. The molecule has 0 amide bonds. The molecular formula is C20H32O2. The summed E-state index contributed by atoms with van der Waals surface area (Å²) < 4.78 is 0. The van der Waals surface area contributed by atoms with E-state index < -0.39 is 11.7 Å². The van der Waals surface area contributed by atoms with Gasteiger partial charge in [-0.25, -0.2) is 0 Å². The fourth-order valence-corrected chi connectivity index (χ4v) is 4.03. The molecule has 0 aromatic rings. The van der Waals surface area contributed by atoms with Gasteiger partial charge in [-0.1, -0.05) is 43.2 Å². The SMILES string of the molecule is C/C1=C\C/C=C(\C)C2CC[C@@](C)(O)C2/C=C(/C(C)C)[C@@H](O)C1. The van der Waals surface area contributed by atoms with E-state index in [2.05, 4.69) is 45.9 Å². The smallest absolute Gasteiger partial charge is 0.0789 e. The second-order valence-corrected chi connectivity index (χ2v) is 7.80. The summed E-state index contributed by atoms with van der Waals surface area (Å²) in [7, 11) is 0. The summed E-state index contributed by atoms with van der Waals surface area (Å²) >= 11 is 0. The van der Waals surface area contributed by atoms with Gasteiger partial charge in [-0.3, -0.25) is 0 Å². The molecule has 2 N–H and O–H groups in total. The summed E-state index contributed by atoms with van der Waals surface area (Å²) in [6.07, 6.45) is 9.75. The maximum absolute atomic E-state index is 10.8. The van der Waals surface area contributed by atoms with Gasteiger partial charge in [0.15, 0.2) is 0 Å². The Labute approximate surface area is 135 Å². The summed E-state index contributed by atoms with van der Waals surface area (Å²) in [6, 6.07) is 0. The molecule has 1 saturated carbocycles. The molecule has 2 rings (SSSR count). The molecule has 0 aromatic carbocycles. The van der Waals surface area contributed by atoms with Crippen molar-refractivity contribution >= 4 is 0 Å². The zero-order valence-electron chi connectivity index (χ0n) is 14.8. The second kappa shape index (κ2) is 6.72. The average molecular weight is 304 g/mol. The highest BCUT2D eigenvalue weighted by Gasteiger charge is 2.43. The van der Waals surface area contributed by atoms with E-state index in [1.807, 2.05) is 6.92 Å². The third kappa shape index (κ3) is 3.72. The van der Waals surface area contributed by atoms with Gasteiger partial charge < -0.3 is 10.2 Å². The van der Waals surface area contributed by atoms with Crippen LogP contribution in [0, 0.1) is 17.8 Å². The van der Waals surface area contributed by atoms with Crippen molar-refractivity contribution in [2.24, 2.45) is 17.8 Å². The molecule has 22 heavy (non-hydrogen) atoms. The van der Waals surface area contributed by atoms with Crippen molar-refractivity contribution in [3.63, 3.8) is 0 Å². The van der Waals surface area contributed by atoms with E-state index in [4.69, 9.17) is 0 Å². The first-order valence-corrected chi connectivity index (χ1v) is 8.66. The summed E-state index contributed by atoms with van der Waals surface area (Å²) in [4.78, 5) is 0. The van der Waals surface area contributed by atoms with Gasteiger partial charge >= 0.3 is 0 Å². The number of aliphatic hydroxyl groups is 2. The number of fused-ring (bicyclic) bond motifs is 1. The van der Waals surface area contributed by atoms with Gasteiger partial charge in [0, 0.05) is 5.92 Å². The molecular weight excluding hydrogens is 272 g/mol. The average Bonchev–Trinajstić information content (AvgIpc) is 2.68. The third-order valence-corrected chi connectivity index (χ3v) is 5.54. The normalized spacial score (nSPS) is 44.2. The molecule has 2 aliphatic carbocycles. The van der Waals surface area contributed by atoms with Gasteiger partial charge in [0.1, 0.15) is 0 Å². The topological polar surface area (TPSA) is 40.5 Å². The Hall–Kier alpha value is -0.860. The minimum atomic E-state index is -0.670. The van der Waals surface area contributed by atoms with Crippen molar-refractivity contribution in [1.82, 2.24) is 0 Å². The Balaban J connectivity index is 2.48. The van der Waals surface area contributed by atoms with Crippen LogP contribution in [0.4, 0.5) is 0 Å². The fraction of sp³-hybridized carbons (Fsp3) is 0.700. The summed E-state index contributed by atoms with van der Waals surface area (Å²) in [5.41, 5.74) is 3.03. The monoisotopic (exact) mass is 304 g/mol. The van der Waals surface area contributed by atoms with Gasteiger partial charge in [-0.2, -0.15) is 0 Å². The largest absolute Gasteiger partial charge is 0.390 e. The number of aliphatic hydroxyl groups excluding tert-OH is 1. The first kappa shape index (κ1) is 17.5. The maximum atomic E-state index is 10.8. The molecule has 0 bridgehead atoms. The number of allylic oxidation sites excluding steroid dienone is 3. The van der Waals surface area contributed by atoms with Crippen molar-refractivity contribution in [3.8, 4) is 0 Å². The molecule has 0 spiro atoms. The predicted molar refractivity (Wildman–Crippen MR) is 92.5 cm³/mol. The first-order valence-electron chi connectivity index (χ1n) is 8.66. The van der Waals surface area contributed by atoms with E-state index in [1.54, 1.807) is 0 Å². The lowest BCUT2D eigenvalue weighted by atomic mass is 9.79. The lowest BCUT2D eigenvalue weighted by molar-refractivity contribution is 0.0320. The van der Waals surface area contributed by atoms with Crippen LogP contribution in [0.25, 0.3) is 0 Å². The van der Waals surface area contributed by atoms with E-state index >= 15 is 0 Å². The molecule has 0 heterocycles. The summed E-state index contributed by atoms with van der Waals surface area (Å²) in [6.45, 7) is 10.5. The van der Waals surface area contributed by atoms with Crippen LogP contribution in [0.15, 0.2) is 34.9 Å². The Morgan fingerprint density at radius 1 is 1.23 bits per heavy atom. The zero-order chi connectivity index (χ0) is 16.5. The van der Waals surface area contributed by atoms with Crippen LogP contribution in [-0.4, -0.2) is 21.9 Å². The Morgan fingerprint density at radius 3 is 2.55 bits per heavy atom. The fourth-order valence-electron chi connectivity index (χ4n) is 4.03. The zero-order valence-corrected chi connectivity index (χ0v) is 14.8. The van der Waals surface area contributed by atoms with Crippen LogP contribution in [0.1, 0.15) is 60.3 Å². The van der Waals surface area contributed by atoms with Crippen molar-refractivity contribution < 1.29 is 10.2 Å². The standard InChI is InChI=1S/C20H32O2/c1-13(2)17-12-18-16(9-10-20(18,5)22)15(4)8-6-7-14(3)11-19(17)21/h7-8,12-13,16,18-19,21-22H,6,9-11H2,1-5H3/b14-7+,15-8+,17-12-/t16?,18?,19-,20+/m0/s1. The van der Waals surface area contributed by atoms with Crippen molar-refractivity contribution in [2.45, 2.75) is 72.0 Å². The predicted octanol–water partition coefficient (Wildman–Crippen LogP) is 4.39. The van der Waals surface area contributed by atoms with Gasteiger partial charge in [-0.15, -0.1) is 0 Å². The van der Waals surface area contributed by atoms with E-state index in [0.29, 0.717) is 18.3 Å². The van der Waals surface area contributed by atoms with Crippen molar-refractivity contribution in [2.75, 3.05) is 0 Å². The summed E-state index contributed by atoms with van der Waals surface area (Å²) in [5.74, 6) is 0.793. The van der Waals surface area contributed by atoms with Crippen LogP contribution >= 0.6 is 0 Å². The molecule has 4 atom stereocenters. The minimum absolute atomic E-state index is 0.106. The van der Waals surface area contributed by atoms with Crippen LogP contribution in [-0.2, 0) is 0 Å². The van der Waals surface area contributed by atoms with Crippen molar-refractivity contribution in [1.29, 1.82) is 0 Å². The van der Waals surface area contributed by atoms with Gasteiger partial charge in [0.05, 0.1) is 11.7 Å². The number of rotatable bonds is 1. The minimum Gasteiger partial charge on any atom is -0.390 e. The maximum Gasteiger partial charge on any atom is 0.0789 e. The molecule has 0 aliphatic heterocycles. The molecule has 2 aliphatic rings. The van der Waals surface area contributed by atoms with E-state index in [-0.39, 0.29) is 5.92 Å². The number of hydrogen-bond acceptors (Lipinski definition) is 2. The van der Waals surface area contributed by atoms with Crippen LogP contribution in [0.3, 0.4) is 0 Å². The lowest BCUT2D eigenvalue weighted by Gasteiger charge is -2.30. The molecule has 0 aromatic heterocycles. The highest BCUT2D eigenvalue weighted by Crippen LogP contribution is 2.46. The van der Waals surface area contributed by atoms with Crippen molar-refractivity contribution in [3.05, 3.63) is 34.9 Å². The molecule has 0 saturated heterocycles. The molecule has 0 radical (unpaired) electrons. The molecule has 2 heteroatoms. The summed E-state index contributed by atoms with van der Waals surface area (Å²) in [5, 5.41) is 21.5. The number of hydrogen-bond donors (Lipinski definition) is 2. The molecule has 124 valence electrons. The second-order valence-electron chi connectivity index (χ2n) is 7.80. The quantitative estimate of drug-likeness (QED) is 0.705. The van der Waals surface area contributed by atoms with Gasteiger partial charge in [0.2, 0.25) is 0 Å². The highest BCUT2D eigenvalue weighted by atomic mass is 16.3. The Kier molecular flexibility index (Phi) is 5.34. The lowest BCUT2D eigenvalue weighted by Crippen LogP contribution is -2.32. The van der Waals surface area contributed by atoms with E-state index in [0.717, 1.165) is 24.8 Å². The Bertz CT molecular complexity index is 494. The van der Waals surface area contributed by atoms with E-state index in [1.165, 1.54) is 11.1 Å². The van der Waals surface area contributed by atoms with Crippen LogP contribution < -0.4 is 0 Å². The first-order chi connectivity index (χ1) is 10.2. The van der Waals surface area contributed by atoms with Crippen LogP contribution in [0.2, 0.25) is 0 Å². The van der Waals surface area contributed by atoms with E-state index in [9.17, 15) is 10.2 Å². The third-order valence-electron chi connectivity index (χ3n) is 5.54. The van der Waals surface area contributed by atoms with Gasteiger partial charge in [-0.05, 0) is 63.9 Å². The molecule has 2 unspecified atom stereocenters.